The van der Waals surface area contributed by atoms with Gasteiger partial charge in [-0.2, -0.15) is 5.26 Å². The van der Waals surface area contributed by atoms with Crippen LogP contribution in [0.4, 0.5) is 8.78 Å². The van der Waals surface area contributed by atoms with E-state index in [0.29, 0.717) is 33.7 Å². The third-order valence-electron chi connectivity index (χ3n) is 5.16. The van der Waals surface area contributed by atoms with Gasteiger partial charge in [0.1, 0.15) is 17.7 Å². The standard InChI is InChI=1S/C23H19F2N3OS/c1-13-6-17(14-2-3-15(10-26)19(24)8-14)22(30-13)18-7-16(21(27)9-20(18)25)11-28-12-23(29)4-5-23/h2-3,6-9,11,27-29H,4-5,12H2,1H3/b16-11-,27-21?. The van der Waals surface area contributed by atoms with Crippen LogP contribution >= 0.6 is 11.3 Å². The summed E-state index contributed by atoms with van der Waals surface area (Å²) >= 11 is 1.38. The fraction of sp³-hybridized carbons (Fsp3) is 0.217. The molecule has 2 aliphatic carbocycles. The molecule has 0 bridgehead atoms. The van der Waals surface area contributed by atoms with Crippen LogP contribution in [0.5, 0.6) is 0 Å². The molecule has 0 spiro atoms. The lowest BCUT2D eigenvalue weighted by Gasteiger charge is -2.15. The van der Waals surface area contributed by atoms with E-state index in [4.69, 9.17) is 10.7 Å². The summed E-state index contributed by atoms with van der Waals surface area (Å²) in [5.41, 5.74) is 1.35. The van der Waals surface area contributed by atoms with Gasteiger partial charge in [0.25, 0.3) is 0 Å². The number of hydrogen-bond donors (Lipinski definition) is 3. The first kappa shape index (κ1) is 20.2. The number of hydrogen-bond acceptors (Lipinski definition) is 5. The number of rotatable bonds is 5. The van der Waals surface area contributed by atoms with Crippen LogP contribution in [0.3, 0.4) is 0 Å². The summed E-state index contributed by atoms with van der Waals surface area (Å²) in [6.07, 6.45) is 5.86. The van der Waals surface area contributed by atoms with E-state index < -0.39 is 17.2 Å². The predicted octanol–water partition coefficient (Wildman–Crippen LogP) is 5.00. The molecule has 0 atom stereocenters. The molecule has 4 nitrogen and oxygen atoms in total. The second-order valence-electron chi connectivity index (χ2n) is 7.58. The van der Waals surface area contributed by atoms with Crippen LogP contribution in [0, 0.1) is 29.5 Å². The number of nitrogens with one attached hydrogen (secondary N) is 2. The number of allylic oxidation sites excluding steroid dienone is 5. The lowest BCUT2D eigenvalue weighted by Crippen LogP contribution is -2.25. The normalized spacial score (nSPS) is 18.6. The van der Waals surface area contributed by atoms with Crippen molar-refractivity contribution in [3.63, 3.8) is 0 Å². The first-order valence-electron chi connectivity index (χ1n) is 9.45. The summed E-state index contributed by atoms with van der Waals surface area (Å²) < 4.78 is 29.0. The van der Waals surface area contributed by atoms with Gasteiger partial charge in [-0.05, 0) is 49.6 Å². The van der Waals surface area contributed by atoms with Crippen molar-refractivity contribution < 1.29 is 13.9 Å². The van der Waals surface area contributed by atoms with Crippen LogP contribution in [0.2, 0.25) is 0 Å². The molecule has 4 rings (SSSR count). The molecule has 152 valence electrons. The number of nitrogens with zero attached hydrogens (tertiary/aromatic N) is 1. The van der Waals surface area contributed by atoms with E-state index >= 15 is 0 Å². The molecule has 0 aliphatic heterocycles. The Bertz CT molecular complexity index is 1180. The Morgan fingerprint density at radius 1 is 1.30 bits per heavy atom. The minimum Gasteiger partial charge on any atom is -0.388 e. The number of aryl methyl sites for hydroxylation is 1. The van der Waals surface area contributed by atoms with Crippen molar-refractivity contribution in [2.75, 3.05) is 6.54 Å². The maximum absolute atomic E-state index is 14.8. The average Bonchev–Trinajstić information content (AvgIpc) is 3.30. The van der Waals surface area contributed by atoms with Crippen molar-refractivity contribution in [1.82, 2.24) is 5.32 Å². The first-order valence-corrected chi connectivity index (χ1v) is 10.3. The van der Waals surface area contributed by atoms with Crippen LogP contribution in [0.1, 0.15) is 28.2 Å². The van der Waals surface area contributed by atoms with E-state index in [1.54, 1.807) is 24.4 Å². The number of thiophene rings is 1. The van der Waals surface area contributed by atoms with E-state index in [2.05, 4.69) is 5.32 Å². The monoisotopic (exact) mass is 423 g/mol. The van der Waals surface area contributed by atoms with Crippen molar-refractivity contribution in [3.05, 3.63) is 75.2 Å². The molecule has 1 aromatic heterocycles. The van der Waals surface area contributed by atoms with Gasteiger partial charge in [0, 0.05) is 45.3 Å². The van der Waals surface area contributed by atoms with E-state index in [-0.39, 0.29) is 11.3 Å². The molecular weight excluding hydrogens is 404 g/mol. The van der Waals surface area contributed by atoms with Crippen LogP contribution in [-0.4, -0.2) is 23.0 Å². The second-order valence-corrected chi connectivity index (χ2v) is 8.83. The van der Waals surface area contributed by atoms with Crippen LogP contribution in [-0.2, 0) is 0 Å². The fourth-order valence-corrected chi connectivity index (χ4v) is 4.31. The third kappa shape index (κ3) is 3.97. The Balaban J connectivity index is 1.72. The lowest BCUT2D eigenvalue weighted by molar-refractivity contribution is 0.152. The van der Waals surface area contributed by atoms with Gasteiger partial charge in [0.2, 0.25) is 0 Å². The zero-order chi connectivity index (χ0) is 21.5. The van der Waals surface area contributed by atoms with Crippen molar-refractivity contribution in [2.24, 2.45) is 0 Å². The van der Waals surface area contributed by atoms with Gasteiger partial charge in [0.05, 0.1) is 16.9 Å². The molecule has 0 saturated heterocycles. The zero-order valence-corrected chi connectivity index (χ0v) is 17.0. The van der Waals surface area contributed by atoms with Gasteiger partial charge in [-0.25, -0.2) is 8.78 Å². The molecule has 3 N–H and O–H groups in total. The highest BCUT2D eigenvalue weighted by atomic mass is 32.1. The molecule has 1 saturated carbocycles. The lowest BCUT2D eigenvalue weighted by atomic mass is 9.94. The second kappa shape index (κ2) is 7.63. The smallest absolute Gasteiger partial charge is 0.141 e. The third-order valence-corrected chi connectivity index (χ3v) is 6.24. The average molecular weight is 423 g/mol. The minimum atomic E-state index is -0.681. The van der Waals surface area contributed by atoms with E-state index in [1.165, 1.54) is 23.5 Å². The quantitative estimate of drug-likeness (QED) is 0.633. The van der Waals surface area contributed by atoms with Crippen molar-refractivity contribution >= 4 is 22.6 Å². The summed E-state index contributed by atoms with van der Waals surface area (Å²) in [6, 6.07) is 8.00. The number of benzene rings is 1. The maximum Gasteiger partial charge on any atom is 0.141 e. The Morgan fingerprint density at radius 2 is 2.07 bits per heavy atom. The number of halogens is 2. The molecule has 1 aromatic carbocycles. The molecule has 0 radical (unpaired) electrons. The van der Waals surface area contributed by atoms with E-state index in [0.717, 1.165) is 23.8 Å². The Hall–Kier alpha value is -3.08. The molecule has 1 fully saturated rings. The molecule has 7 heteroatoms. The predicted molar refractivity (Wildman–Crippen MR) is 114 cm³/mol. The van der Waals surface area contributed by atoms with E-state index in [9.17, 15) is 13.9 Å². The van der Waals surface area contributed by atoms with E-state index in [1.807, 2.05) is 13.0 Å². The van der Waals surface area contributed by atoms with Crippen molar-refractivity contribution in [1.29, 1.82) is 10.7 Å². The summed E-state index contributed by atoms with van der Waals surface area (Å²) in [7, 11) is 0. The molecule has 0 unspecified atom stereocenters. The first-order chi connectivity index (χ1) is 14.3. The van der Waals surface area contributed by atoms with Gasteiger partial charge in [0.15, 0.2) is 0 Å². The van der Waals surface area contributed by atoms with Gasteiger partial charge in [-0.15, -0.1) is 11.3 Å². The molecule has 0 amide bonds. The molecule has 1 heterocycles. The molecular formula is C23H19F2N3OS. The van der Waals surface area contributed by atoms with Crippen LogP contribution in [0.15, 0.2) is 54.0 Å². The summed E-state index contributed by atoms with van der Waals surface area (Å²) in [6.45, 7) is 2.27. The van der Waals surface area contributed by atoms with Gasteiger partial charge in [-0.1, -0.05) is 6.07 Å². The minimum absolute atomic E-state index is 0.0331. The number of nitriles is 1. The summed E-state index contributed by atoms with van der Waals surface area (Å²) in [5.74, 6) is -1.15. The van der Waals surface area contributed by atoms with Gasteiger partial charge >= 0.3 is 0 Å². The van der Waals surface area contributed by atoms with Crippen LogP contribution in [0.25, 0.3) is 16.7 Å². The largest absolute Gasteiger partial charge is 0.388 e. The highest BCUT2D eigenvalue weighted by Crippen LogP contribution is 2.41. The topological polar surface area (TPSA) is 79.9 Å². The zero-order valence-electron chi connectivity index (χ0n) is 16.2. The Kier molecular flexibility index (Phi) is 5.14. The SMILES string of the molecule is Cc1cc(-c2ccc(C#N)c(F)c2)c(C2=C/C(=C/NCC3(O)CC3)C(=N)C=C2F)s1. The highest BCUT2D eigenvalue weighted by Gasteiger charge is 2.39. The molecule has 2 aromatic rings. The maximum atomic E-state index is 14.8. The Labute approximate surface area is 177 Å². The molecule has 30 heavy (non-hydrogen) atoms. The van der Waals surface area contributed by atoms with Crippen molar-refractivity contribution in [3.8, 4) is 17.2 Å². The summed E-state index contributed by atoms with van der Waals surface area (Å²) in [4.78, 5) is 1.56. The van der Waals surface area contributed by atoms with Crippen molar-refractivity contribution in [2.45, 2.75) is 25.4 Å². The fourth-order valence-electron chi connectivity index (χ4n) is 3.26. The summed E-state index contributed by atoms with van der Waals surface area (Å²) in [5, 5.41) is 30.0. The molecule has 2 aliphatic rings. The Morgan fingerprint density at radius 3 is 2.73 bits per heavy atom. The van der Waals surface area contributed by atoms with Gasteiger partial charge < -0.3 is 15.8 Å². The highest BCUT2D eigenvalue weighted by molar-refractivity contribution is 7.13. The van der Waals surface area contributed by atoms with Crippen LogP contribution < -0.4 is 5.32 Å². The number of aliphatic hydroxyl groups is 1. The van der Waals surface area contributed by atoms with Gasteiger partial charge in [-0.3, -0.25) is 0 Å².